The SMILES string of the molecule is Cc1ccc(S(=O)(=O)[C@H](C)C(=O)N2CCc3ccccc3C2)cc1. The quantitative estimate of drug-likeness (QED) is 0.861. The molecule has 1 atom stereocenters. The van der Waals surface area contributed by atoms with E-state index in [1.807, 2.05) is 25.1 Å². The first kappa shape index (κ1) is 16.7. The molecule has 0 radical (unpaired) electrons. The number of benzene rings is 2. The first-order chi connectivity index (χ1) is 11.4. The first-order valence-electron chi connectivity index (χ1n) is 8.06. The Morgan fingerprint density at radius 1 is 1.04 bits per heavy atom. The molecule has 0 bridgehead atoms. The highest BCUT2D eigenvalue weighted by molar-refractivity contribution is 7.92. The molecule has 3 rings (SSSR count). The molecule has 0 fully saturated rings. The number of hydrogen-bond acceptors (Lipinski definition) is 3. The fourth-order valence-electron chi connectivity index (χ4n) is 3.01. The number of amides is 1. The molecular weight excluding hydrogens is 322 g/mol. The molecule has 0 N–H and O–H groups in total. The van der Waals surface area contributed by atoms with Crippen LogP contribution in [0.15, 0.2) is 53.4 Å². The topological polar surface area (TPSA) is 54.5 Å². The second-order valence-corrected chi connectivity index (χ2v) is 8.55. The monoisotopic (exact) mass is 343 g/mol. The predicted octanol–water partition coefficient (Wildman–Crippen LogP) is 2.74. The van der Waals surface area contributed by atoms with Gasteiger partial charge in [0.25, 0.3) is 0 Å². The summed E-state index contributed by atoms with van der Waals surface area (Å²) in [7, 11) is -3.67. The summed E-state index contributed by atoms with van der Waals surface area (Å²) in [4.78, 5) is 14.6. The van der Waals surface area contributed by atoms with E-state index in [2.05, 4.69) is 6.07 Å². The molecule has 0 saturated carbocycles. The molecule has 0 spiro atoms. The summed E-state index contributed by atoms with van der Waals surface area (Å²) in [6, 6.07) is 14.6. The van der Waals surface area contributed by atoms with Gasteiger partial charge in [0.1, 0.15) is 5.25 Å². The van der Waals surface area contributed by atoms with E-state index in [1.54, 1.807) is 29.2 Å². The summed E-state index contributed by atoms with van der Waals surface area (Å²) in [5, 5.41) is -1.08. The Labute approximate surface area is 143 Å². The summed E-state index contributed by atoms with van der Waals surface area (Å²) in [6.45, 7) is 4.42. The number of fused-ring (bicyclic) bond motifs is 1. The van der Waals surface area contributed by atoms with Crippen LogP contribution in [-0.2, 0) is 27.6 Å². The van der Waals surface area contributed by atoms with Crippen molar-refractivity contribution in [2.45, 2.75) is 37.0 Å². The van der Waals surface area contributed by atoms with E-state index in [0.29, 0.717) is 13.1 Å². The fraction of sp³-hybridized carbons (Fsp3) is 0.316. The summed E-state index contributed by atoms with van der Waals surface area (Å²) < 4.78 is 25.5. The van der Waals surface area contributed by atoms with Crippen molar-refractivity contribution < 1.29 is 13.2 Å². The van der Waals surface area contributed by atoms with E-state index in [1.165, 1.54) is 12.5 Å². The minimum absolute atomic E-state index is 0.200. The molecule has 1 aliphatic rings. The molecule has 0 aromatic heterocycles. The van der Waals surface area contributed by atoms with E-state index in [0.717, 1.165) is 17.5 Å². The molecule has 126 valence electrons. The maximum Gasteiger partial charge on any atom is 0.241 e. The Morgan fingerprint density at radius 2 is 1.67 bits per heavy atom. The minimum Gasteiger partial charge on any atom is -0.337 e. The number of hydrogen-bond donors (Lipinski definition) is 0. The molecule has 1 aliphatic heterocycles. The van der Waals surface area contributed by atoms with Crippen LogP contribution >= 0.6 is 0 Å². The number of sulfone groups is 1. The third-order valence-corrected chi connectivity index (χ3v) is 6.67. The highest BCUT2D eigenvalue weighted by Gasteiger charge is 2.34. The van der Waals surface area contributed by atoms with E-state index >= 15 is 0 Å². The third kappa shape index (κ3) is 3.08. The van der Waals surface area contributed by atoms with Crippen molar-refractivity contribution in [1.82, 2.24) is 4.90 Å². The van der Waals surface area contributed by atoms with Gasteiger partial charge in [0.05, 0.1) is 4.90 Å². The molecule has 5 heteroatoms. The van der Waals surface area contributed by atoms with Crippen molar-refractivity contribution >= 4 is 15.7 Å². The van der Waals surface area contributed by atoms with Crippen LogP contribution in [0, 0.1) is 6.92 Å². The fourth-order valence-corrected chi connectivity index (χ4v) is 4.34. The molecule has 24 heavy (non-hydrogen) atoms. The van der Waals surface area contributed by atoms with E-state index < -0.39 is 15.1 Å². The van der Waals surface area contributed by atoms with Crippen LogP contribution in [0.1, 0.15) is 23.6 Å². The van der Waals surface area contributed by atoms with Crippen LogP contribution in [0.2, 0.25) is 0 Å². The Balaban J connectivity index is 1.81. The van der Waals surface area contributed by atoms with Crippen molar-refractivity contribution in [3.8, 4) is 0 Å². The van der Waals surface area contributed by atoms with Crippen LogP contribution in [-0.4, -0.2) is 31.0 Å². The second kappa shape index (κ2) is 6.40. The van der Waals surface area contributed by atoms with Crippen LogP contribution < -0.4 is 0 Å². The lowest BCUT2D eigenvalue weighted by atomic mass is 10.00. The third-order valence-electron chi connectivity index (χ3n) is 4.61. The Kier molecular flexibility index (Phi) is 4.45. The van der Waals surface area contributed by atoms with Crippen LogP contribution in [0.4, 0.5) is 0 Å². The van der Waals surface area contributed by atoms with Crippen LogP contribution in [0.3, 0.4) is 0 Å². The molecule has 2 aromatic carbocycles. The van der Waals surface area contributed by atoms with Gasteiger partial charge in [0, 0.05) is 13.1 Å². The van der Waals surface area contributed by atoms with E-state index in [4.69, 9.17) is 0 Å². The molecule has 1 heterocycles. The largest absolute Gasteiger partial charge is 0.337 e. The number of rotatable bonds is 3. The molecule has 2 aromatic rings. The van der Waals surface area contributed by atoms with Gasteiger partial charge in [-0.15, -0.1) is 0 Å². The summed E-state index contributed by atoms with van der Waals surface area (Å²) in [5.41, 5.74) is 3.31. The molecule has 0 unspecified atom stereocenters. The first-order valence-corrected chi connectivity index (χ1v) is 9.60. The average molecular weight is 343 g/mol. The molecule has 0 aliphatic carbocycles. The molecule has 4 nitrogen and oxygen atoms in total. The summed E-state index contributed by atoms with van der Waals surface area (Å²) in [5.74, 6) is -0.329. The van der Waals surface area contributed by atoms with Crippen molar-refractivity contribution in [2.75, 3.05) is 6.54 Å². The highest BCUT2D eigenvalue weighted by Crippen LogP contribution is 2.23. The highest BCUT2D eigenvalue weighted by atomic mass is 32.2. The molecule has 0 saturated heterocycles. The summed E-state index contributed by atoms with van der Waals surface area (Å²) in [6.07, 6.45) is 0.763. The maximum atomic E-state index is 12.7. The number of aryl methyl sites for hydroxylation is 1. The number of nitrogens with zero attached hydrogens (tertiary/aromatic N) is 1. The Bertz CT molecular complexity index is 856. The van der Waals surface area contributed by atoms with E-state index in [9.17, 15) is 13.2 Å². The predicted molar refractivity (Wildman–Crippen MR) is 93.4 cm³/mol. The lowest BCUT2D eigenvalue weighted by Gasteiger charge is -2.30. The Hall–Kier alpha value is -2.14. The second-order valence-electron chi connectivity index (χ2n) is 6.28. The zero-order valence-corrected chi connectivity index (χ0v) is 14.7. The van der Waals surface area contributed by atoms with Crippen molar-refractivity contribution in [3.05, 3.63) is 65.2 Å². The average Bonchev–Trinajstić information content (AvgIpc) is 2.60. The van der Waals surface area contributed by atoms with Gasteiger partial charge in [-0.2, -0.15) is 0 Å². The lowest BCUT2D eigenvalue weighted by Crippen LogP contribution is -2.43. The lowest BCUT2D eigenvalue weighted by molar-refractivity contribution is -0.131. The van der Waals surface area contributed by atoms with Gasteiger partial charge in [0.15, 0.2) is 9.84 Å². The minimum atomic E-state index is -3.67. The number of carbonyl (C=O) groups is 1. The van der Waals surface area contributed by atoms with Gasteiger partial charge in [0.2, 0.25) is 5.91 Å². The van der Waals surface area contributed by atoms with Gasteiger partial charge in [-0.05, 0) is 43.5 Å². The van der Waals surface area contributed by atoms with Crippen molar-refractivity contribution in [3.63, 3.8) is 0 Å². The van der Waals surface area contributed by atoms with Crippen molar-refractivity contribution in [2.24, 2.45) is 0 Å². The number of carbonyl (C=O) groups excluding carboxylic acids is 1. The van der Waals surface area contributed by atoms with Gasteiger partial charge in [-0.25, -0.2) is 8.42 Å². The van der Waals surface area contributed by atoms with Gasteiger partial charge >= 0.3 is 0 Å². The normalized spacial score (nSPS) is 15.7. The summed E-state index contributed by atoms with van der Waals surface area (Å²) >= 11 is 0. The maximum absolute atomic E-state index is 12.7. The van der Waals surface area contributed by atoms with Crippen molar-refractivity contribution in [1.29, 1.82) is 0 Å². The smallest absolute Gasteiger partial charge is 0.241 e. The molecule has 1 amide bonds. The van der Waals surface area contributed by atoms with Gasteiger partial charge in [-0.3, -0.25) is 4.79 Å². The van der Waals surface area contributed by atoms with Crippen LogP contribution in [0.25, 0.3) is 0 Å². The van der Waals surface area contributed by atoms with Gasteiger partial charge < -0.3 is 4.90 Å². The standard InChI is InChI=1S/C19H21NO3S/c1-14-7-9-18(10-8-14)24(22,23)15(2)19(21)20-12-11-16-5-3-4-6-17(16)13-20/h3-10,15H,11-13H2,1-2H3/t15-/m1/s1. The van der Waals surface area contributed by atoms with Gasteiger partial charge in [-0.1, -0.05) is 42.0 Å². The Morgan fingerprint density at radius 3 is 2.33 bits per heavy atom. The van der Waals surface area contributed by atoms with Crippen LogP contribution in [0.5, 0.6) is 0 Å². The molecular formula is C19H21NO3S. The zero-order valence-electron chi connectivity index (χ0n) is 13.9. The zero-order chi connectivity index (χ0) is 17.3. The van der Waals surface area contributed by atoms with E-state index in [-0.39, 0.29) is 10.8 Å².